The molecule has 31 heavy (non-hydrogen) atoms. The molecule has 5 aliphatic rings. The van der Waals surface area contributed by atoms with E-state index < -0.39 is 0 Å². The van der Waals surface area contributed by atoms with Gasteiger partial charge in [-0.1, -0.05) is 12.1 Å². The average molecular weight is 429 g/mol. The molecule has 4 saturated carbocycles. The Labute approximate surface area is 183 Å². The van der Waals surface area contributed by atoms with Crippen LogP contribution in [0.3, 0.4) is 0 Å². The second-order valence-corrected chi connectivity index (χ2v) is 10.4. The van der Waals surface area contributed by atoms with Crippen LogP contribution in [0.25, 0.3) is 0 Å². The van der Waals surface area contributed by atoms with Crippen LogP contribution in [0, 0.1) is 23.6 Å². The molecule has 0 radical (unpaired) electrons. The predicted octanol–water partition coefficient (Wildman–Crippen LogP) is 3.76. The highest BCUT2D eigenvalue weighted by molar-refractivity contribution is 5.81. The highest BCUT2D eigenvalue weighted by Crippen LogP contribution is 2.58. The lowest BCUT2D eigenvalue weighted by Gasteiger charge is -2.60. The number of likely N-dealkylation sites (tertiary alicyclic amines) is 1. The highest BCUT2D eigenvalue weighted by atomic mass is 19.1. The largest absolute Gasteiger partial charge is 0.468 e. The van der Waals surface area contributed by atoms with E-state index in [-0.39, 0.29) is 35.8 Å². The SMILES string of the molecule is COC(=O)C1CCCN1CC(=O)N(Cc1ccc(F)cc1)C12CC3CC(CC(C3)C1)C2. The van der Waals surface area contributed by atoms with Gasteiger partial charge in [-0.3, -0.25) is 14.5 Å². The summed E-state index contributed by atoms with van der Waals surface area (Å²) in [6, 6.07) is 6.22. The van der Waals surface area contributed by atoms with Crippen molar-refractivity contribution in [3.8, 4) is 0 Å². The Balaban J connectivity index is 1.40. The first-order valence-corrected chi connectivity index (χ1v) is 11.8. The van der Waals surface area contributed by atoms with Crippen molar-refractivity contribution in [3.63, 3.8) is 0 Å². The van der Waals surface area contributed by atoms with E-state index >= 15 is 0 Å². The molecule has 1 atom stereocenters. The Morgan fingerprint density at radius 3 is 2.29 bits per heavy atom. The zero-order chi connectivity index (χ0) is 21.6. The van der Waals surface area contributed by atoms with Crippen LogP contribution in [-0.4, -0.2) is 53.5 Å². The molecule has 1 aromatic rings. The first-order valence-electron chi connectivity index (χ1n) is 11.8. The quantitative estimate of drug-likeness (QED) is 0.648. The zero-order valence-electron chi connectivity index (χ0n) is 18.4. The van der Waals surface area contributed by atoms with Crippen molar-refractivity contribution >= 4 is 11.9 Å². The molecule has 5 nitrogen and oxygen atoms in total. The molecule has 1 aliphatic heterocycles. The van der Waals surface area contributed by atoms with E-state index in [0.717, 1.165) is 62.0 Å². The van der Waals surface area contributed by atoms with Gasteiger partial charge >= 0.3 is 5.97 Å². The molecule has 1 heterocycles. The summed E-state index contributed by atoms with van der Waals surface area (Å²) >= 11 is 0. The lowest BCUT2D eigenvalue weighted by atomic mass is 9.52. The lowest BCUT2D eigenvalue weighted by molar-refractivity contribution is -0.155. The lowest BCUT2D eigenvalue weighted by Crippen LogP contribution is -2.62. The summed E-state index contributed by atoms with van der Waals surface area (Å²) in [6.45, 7) is 1.52. The third-order valence-corrected chi connectivity index (χ3v) is 8.31. The number of rotatable bonds is 6. The van der Waals surface area contributed by atoms with Crippen molar-refractivity contribution in [2.24, 2.45) is 17.8 Å². The fraction of sp³-hybridized carbons (Fsp3) is 0.680. The van der Waals surface area contributed by atoms with Crippen LogP contribution in [0.2, 0.25) is 0 Å². The monoisotopic (exact) mass is 428 g/mol. The zero-order valence-corrected chi connectivity index (χ0v) is 18.4. The number of nitrogens with zero attached hydrogens (tertiary/aromatic N) is 2. The van der Waals surface area contributed by atoms with Gasteiger partial charge in [0.1, 0.15) is 11.9 Å². The number of halogens is 1. The summed E-state index contributed by atoms with van der Waals surface area (Å²) < 4.78 is 18.5. The maximum atomic E-state index is 13.8. The highest BCUT2D eigenvalue weighted by Gasteiger charge is 2.54. The molecule has 1 unspecified atom stereocenters. The van der Waals surface area contributed by atoms with E-state index in [1.54, 1.807) is 12.1 Å². The molecule has 6 rings (SSSR count). The van der Waals surface area contributed by atoms with Gasteiger partial charge in [0.2, 0.25) is 5.91 Å². The maximum absolute atomic E-state index is 13.8. The minimum atomic E-state index is -0.321. The van der Waals surface area contributed by atoms with Crippen LogP contribution in [-0.2, 0) is 20.9 Å². The van der Waals surface area contributed by atoms with Crippen LogP contribution in [0.5, 0.6) is 0 Å². The molecule has 4 aliphatic carbocycles. The molecule has 5 fully saturated rings. The van der Waals surface area contributed by atoms with Gasteiger partial charge in [-0.2, -0.15) is 0 Å². The number of hydrogen-bond acceptors (Lipinski definition) is 4. The molecule has 1 amide bonds. The molecule has 6 heteroatoms. The summed E-state index contributed by atoms with van der Waals surface area (Å²) in [4.78, 5) is 30.1. The first-order chi connectivity index (χ1) is 15.0. The third-order valence-electron chi connectivity index (χ3n) is 8.31. The molecule has 4 bridgehead atoms. The van der Waals surface area contributed by atoms with Crippen molar-refractivity contribution in [2.45, 2.75) is 69.5 Å². The molecular formula is C25H33FN2O3. The van der Waals surface area contributed by atoms with Gasteiger partial charge in [0.15, 0.2) is 0 Å². The maximum Gasteiger partial charge on any atom is 0.323 e. The number of carbonyl (C=O) groups is 2. The summed E-state index contributed by atoms with van der Waals surface area (Å²) in [5.41, 5.74) is 0.886. The van der Waals surface area contributed by atoms with Gasteiger partial charge in [0, 0.05) is 12.1 Å². The number of benzene rings is 1. The topological polar surface area (TPSA) is 49.9 Å². The number of ether oxygens (including phenoxy) is 1. The Morgan fingerprint density at radius 1 is 1.10 bits per heavy atom. The standard InChI is InChI=1S/C25H33FN2O3/c1-31-24(30)22-3-2-8-27(22)16-23(29)28(15-17-4-6-21(26)7-5-17)25-12-18-9-19(13-25)11-20(10-18)14-25/h4-7,18-20,22H,2-3,8-16H2,1H3. The van der Waals surface area contributed by atoms with E-state index in [1.165, 1.54) is 38.5 Å². The minimum absolute atomic E-state index is 0.0826. The van der Waals surface area contributed by atoms with E-state index in [0.29, 0.717) is 6.54 Å². The van der Waals surface area contributed by atoms with Crippen LogP contribution < -0.4 is 0 Å². The number of amides is 1. The second-order valence-electron chi connectivity index (χ2n) is 10.4. The van der Waals surface area contributed by atoms with Gasteiger partial charge in [0.05, 0.1) is 13.7 Å². The number of methoxy groups -OCH3 is 1. The molecule has 0 aromatic heterocycles. The van der Waals surface area contributed by atoms with Crippen LogP contribution in [0.15, 0.2) is 24.3 Å². The molecule has 168 valence electrons. The van der Waals surface area contributed by atoms with E-state index in [9.17, 15) is 14.0 Å². The number of hydrogen-bond donors (Lipinski definition) is 0. The van der Waals surface area contributed by atoms with Crippen molar-refractivity contribution in [3.05, 3.63) is 35.6 Å². The summed E-state index contributed by atoms with van der Waals surface area (Å²) in [7, 11) is 1.41. The summed E-state index contributed by atoms with van der Waals surface area (Å²) in [5, 5.41) is 0. The third kappa shape index (κ3) is 3.99. The Hall–Kier alpha value is -1.95. The minimum Gasteiger partial charge on any atom is -0.468 e. The van der Waals surface area contributed by atoms with Gasteiger partial charge in [-0.25, -0.2) is 4.39 Å². The van der Waals surface area contributed by atoms with Crippen LogP contribution >= 0.6 is 0 Å². The Bertz CT molecular complexity index is 804. The molecule has 0 spiro atoms. The van der Waals surface area contributed by atoms with Gasteiger partial charge in [-0.05, 0) is 93.4 Å². The smallest absolute Gasteiger partial charge is 0.323 e. The van der Waals surface area contributed by atoms with E-state index in [4.69, 9.17) is 4.74 Å². The number of esters is 1. The summed E-state index contributed by atoms with van der Waals surface area (Å²) in [6.07, 6.45) is 8.86. The number of carbonyl (C=O) groups excluding carboxylic acids is 2. The summed E-state index contributed by atoms with van der Waals surface area (Å²) in [5.74, 6) is 1.78. The normalized spacial score (nSPS) is 34.1. The van der Waals surface area contributed by atoms with Gasteiger partial charge < -0.3 is 9.64 Å². The fourth-order valence-corrected chi connectivity index (χ4v) is 7.37. The van der Waals surface area contributed by atoms with Crippen molar-refractivity contribution in [1.29, 1.82) is 0 Å². The Morgan fingerprint density at radius 2 is 1.71 bits per heavy atom. The fourth-order valence-electron chi connectivity index (χ4n) is 7.37. The van der Waals surface area contributed by atoms with E-state index in [1.807, 2.05) is 4.90 Å². The van der Waals surface area contributed by atoms with Crippen molar-refractivity contribution < 1.29 is 18.7 Å². The van der Waals surface area contributed by atoms with Crippen molar-refractivity contribution in [2.75, 3.05) is 20.2 Å². The Kier molecular flexibility index (Phi) is 5.53. The molecule has 0 N–H and O–H groups in total. The predicted molar refractivity (Wildman–Crippen MR) is 114 cm³/mol. The van der Waals surface area contributed by atoms with E-state index in [2.05, 4.69) is 4.90 Å². The van der Waals surface area contributed by atoms with Crippen molar-refractivity contribution in [1.82, 2.24) is 9.80 Å². The second kappa shape index (κ2) is 8.19. The average Bonchev–Trinajstić information content (AvgIpc) is 3.19. The molecule has 1 saturated heterocycles. The van der Waals surface area contributed by atoms with Crippen LogP contribution in [0.4, 0.5) is 4.39 Å². The first kappa shape index (κ1) is 20.9. The van der Waals surface area contributed by atoms with Crippen LogP contribution in [0.1, 0.15) is 56.9 Å². The molecular weight excluding hydrogens is 395 g/mol. The molecule has 1 aromatic carbocycles. The van der Waals surface area contributed by atoms with Gasteiger partial charge in [0.25, 0.3) is 0 Å². The van der Waals surface area contributed by atoms with Gasteiger partial charge in [-0.15, -0.1) is 0 Å².